The number of halogens is 1. The molecule has 12 heavy (non-hydrogen) atoms. The topological polar surface area (TPSA) is 55.1 Å². The molecule has 0 fully saturated rings. The van der Waals surface area contributed by atoms with Crippen LogP contribution < -0.4 is 0 Å². The number of hydrogen-bond acceptors (Lipinski definition) is 2. The summed E-state index contributed by atoms with van der Waals surface area (Å²) < 4.78 is 2.53. The Balaban J connectivity index is 2.58. The molecule has 1 heterocycles. The standard InChI is InChI=1S/C7H9BrN2O2/c1-5-6(8)4-10(9-5)3-2-7(11)12/h4H,2-3H2,1H3,(H,11,12). The normalized spacial score (nSPS) is 10.2. The highest BCUT2D eigenvalue weighted by atomic mass is 79.9. The Morgan fingerprint density at radius 2 is 2.50 bits per heavy atom. The first kappa shape index (κ1) is 9.25. The van der Waals surface area contributed by atoms with Crippen molar-refractivity contribution in [2.75, 3.05) is 0 Å². The predicted octanol–water partition coefficient (Wildman–Crippen LogP) is 1.43. The van der Waals surface area contributed by atoms with Crippen molar-refractivity contribution in [1.29, 1.82) is 0 Å². The van der Waals surface area contributed by atoms with Gasteiger partial charge < -0.3 is 5.11 Å². The number of aromatic nitrogens is 2. The monoisotopic (exact) mass is 232 g/mol. The average molecular weight is 233 g/mol. The molecule has 1 rings (SSSR count). The molecule has 4 nitrogen and oxygen atoms in total. The first-order valence-corrected chi connectivity index (χ1v) is 4.30. The van der Waals surface area contributed by atoms with E-state index in [1.54, 1.807) is 10.9 Å². The fourth-order valence-electron chi connectivity index (χ4n) is 0.818. The van der Waals surface area contributed by atoms with Crippen LogP contribution in [-0.2, 0) is 11.3 Å². The van der Waals surface area contributed by atoms with Gasteiger partial charge in [-0.2, -0.15) is 5.10 Å². The summed E-state index contributed by atoms with van der Waals surface area (Å²) in [5.74, 6) is -0.806. The molecule has 0 aliphatic heterocycles. The first-order valence-electron chi connectivity index (χ1n) is 3.51. The van der Waals surface area contributed by atoms with Crippen LogP contribution in [0.3, 0.4) is 0 Å². The van der Waals surface area contributed by atoms with Gasteiger partial charge in [-0.3, -0.25) is 9.48 Å². The maximum Gasteiger partial charge on any atom is 0.305 e. The minimum atomic E-state index is -0.806. The lowest BCUT2D eigenvalue weighted by atomic mass is 10.4. The third-order valence-electron chi connectivity index (χ3n) is 1.44. The van der Waals surface area contributed by atoms with E-state index >= 15 is 0 Å². The molecule has 1 aromatic rings. The van der Waals surface area contributed by atoms with Gasteiger partial charge in [0.15, 0.2) is 0 Å². The van der Waals surface area contributed by atoms with E-state index in [-0.39, 0.29) is 6.42 Å². The van der Waals surface area contributed by atoms with Gasteiger partial charge in [0, 0.05) is 6.20 Å². The number of carboxylic acid groups (broad SMARTS) is 1. The lowest BCUT2D eigenvalue weighted by Crippen LogP contribution is -2.04. The van der Waals surface area contributed by atoms with E-state index in [1.165, 1.54) is 0 Å². The van der Waals surface area contributed by atoms with Crippen LogP contribution in [0.25, 0.3) is 0 Å². The second-order valence-corrected chi connectivity index (χ2v) is 3.32. The van der Waals surface area contributed by atoms with Gasteiger partial charge in [-0.15, -0.1) is 0 Å². The van der Waals surface area contributed by atoms with E-state index in [0.717, 1.165) is 10.2 Å². The highest BCUT2D eigenvalue weighted by Gasteiger charge is 2.02. The molecule has 0 saturated carbocycles. The van der Waals surface area contributed by atoms with Gasteiger partial charge in [-0.25, -0.2) is 0 Å². The third kappa shape index (κ3) is 2.34. The van der Waals surface area contributed by atoms with Crippen molar-refractivity contribution in [2.45, 2.75) is 19.9 Å². The van der Waals surface area contributed by atoms with Gasteiger partial charge in [0.05, 0.1) is 23.1 Å². The van der Waals surface area contributed by atoms with Gasteiger partial charge in [0.25, 0.3) is 0 Å². The molecule has 1 aromatic heterocycles. The minimum absolute atomic E-state index is 0.105. The molecule has 0 radical (unpaired) electrons. The lowest BCUT2D eigenvalue weighted by Gasteiger charge is -1.95. The molecule has 0 atom stereocenters. The number of hydrogen-bond donors (Lipinski definition) is 1. The summed E-state index contributed by atoms with van der Waals surface area (Å²) in [6.07, 6.45) is 1.88. The summed E-state index contributed by atoms with van der Waals surface area (Å²) in [5.41, 5.74) is 0.875. The molecule has 1 N–H and O–H groups in total. The Morgan fingerprint density at radius 3 is 2.92 bits per heavy atom. The second kappa shape index (κ2) is 3.71. The number of nitrogens with zero attached hydrogens (tertiary/aromatic N) is 2. The van der Waals surface area contributed by atoms with E-state index in [0.29, 0.717) is 6.54 Å². The average Bonchev–Trinajstić information content (AvgIpc) is 2.28. The van der Waals surface area contributed by atoms with Gasteiger partial charge in [0.1, 0.15) is 0 Å². The van der Waals surface area contributed by atoms with Crippen LogP contribution in [0.15, 0.2) is 10.7 Å². The van der Waals surface area contributed by atoms with Crippen LogP contribution in [0.5, 0.6) is 0 Å². The van der Waals surface area contributed by atoms with Crippen LogP contribution in [0.4, 0.5) is 0 Å². The minimum Gasteiger partial charge on any atom is -0.481 e. The van der Waals surface area contributed by atoms with Gasteiger partial charge in [-0.05, 0) is 22.9 Å². The zero-order valence-electron chi connectivity index (χ0n) is 6.62. The number of rotatable bonds is 3. The van der Waals surface area contributed by atoms with Crippen molar-refractivity contribution < 1.29 is 9.90 Å². The van der Waals surface area contributed by atoms with E-state index in [4.69, 9.17) is 5.11 Å². The SMILES string of the molecule is Cc1nn(CCC(=O)O)cc1Br. The van der Waals surface area contributed by atoms with E-state index in [9.17, 15) is 4.79 Å². The van der Waals surface area contributed by atoms with Gasteiger partial charge >= 0.3 is 5.97 Å². The van der Waals surface area contributed by atoms with Crippen molar-refractivity contribution >= 4 is 21.9 Å². The van der Waals surface area contributed by atoms with Crippen molar-refractivity contribution in [1.82, 2.24) is 9.78 Å². The number of aryl methyl sites for hydroxylation is 2. The Morgan fingerprint density at radius 1 is 1.83 bits per heavy atom. The lowest BCUT2D eigenvalue weighted by molar-refractivity contribution is -0.137. The molecular weight excluding hydrogens is 224 g/mol. The zero-order chi connectivity index (χ0) is 9.14. The summed E-state index contributed by atoms with van der Waals surface area (Å²) in [6.45, 7) is 2.28. The van der Waals surface area contributed by atoms with Gasteiger partial charge in [-0.1, -0.05) is 0 Å². The summed E-state index contributed by atoms with van der Waals surface area (Å²) in [5, 5.41) is 12.5. The Kier molecular flexibility index (Phi) is 2.86. The highest BCUT2D eigenvalue weighted by molar-refractivity contribution is 9.10. The van der Waals surface area contributed by atoms with Crippen molar-refractivity contribution in [3.8, 4) is 0 Å². The maximum absolute atomic E-state index is 10.2. The van der Waals surface area contributed by atoms with E-state index in [2.05, 4.69) is 21.0 Å². The maximum atomic E-state index is 10.2. The van der Waals surface area contributed by atoms with Crippen molar-refractivity contribution in [2.24, 2.45) is 0 Å². The first-order chi connectivity index (χ1) is 5.59. The molecule has 0 amide bonds. The Labute approximate surface area is 78.3 Å². The van der Waals surface area contributed by atoms with Crippen LogP contribution in [0.1, 0.15) is 12.1 Å². The van der Waals surface area contributed by atoms with Crippen LogP contribution in [0.2, 0.25) is 0 Å². The highest BCUT2D eigenvalue weighted by Crippen LogP contribution is 2.13. The molecule has 0 bridgehead atoms. The molecule has 0 aliphatic carbocycles. The molecule has 66 valence electrons. The zero-order valence-corrected chi connectivity index (χ0v) is 8.21. The van der Waals surface area contributed by atoms with E-state index in [1.807, 2.05) is 6.92 Å². The molecule has 0 aromatic carbocycles. The predicted molar refractivity (Wildman–Crippen MR) is 46.9 cm³/mol. The Hall–Kier alpha value is -0.840. The molecule has 0 unspecified atom stereocenters. The molecule has 0 aliphatic rings. The van der Waals surface area contributed by atoms with E-state index < -0.39 is 5.97 Å². The second-order valence-electron chi connectivity index (χ2n) is 2.47. The van der Waals surface area contributed by atoms with Gasteiger partial charge in [0.2, 0.25) is 0 Å². The quantitative estimate of drug-likeness (QED) is 0.859. The number of carbonyl (C=O) groups is 1. The van der Waals surface area contributed by atoms with Crippen LogP contribution in [0, 0.1) is 6.92 Å². The molecule has 0 saturated heterocycles. The third-order valence-corrected chi connectivity index (χ3v) is 2.22. The smallest absolute Gasteiger partial charge is 0.305 e. The Bertz CT molecular complexity index is 276. The van der Waals surface area contributed by atoms with Crippen molar-refractivity contribution in [3.05, 3.63) is 16.4 Å². The molecule has 0 spiro atoms. The van der Waals surface area contributed by atoms with Crippen LogP contribution in [-0.4, -0.2) is 20.9 Å². The number of aliphatic carboxylic acids is 1. The summed E-state index contributed by atoms with van der Waals surface area (Å²) in [4.78, 5) is 10.2. The number of carboxylic acids is 1. The fourth-order valence-corrected chi connectivity index (χ4v) is 1.13. The molecule has 5 heteroatoms. The summed E-state index contributed by atoms with van der Waals surface area (Å²) in [6, 6.07) is 0. The summed E-state index contributed by atoms with van der Waals surface area (Å²) >= 11 is 3.29. The largest absolute Gasteiger partial charge is 0.481 e. The van der Waals surface area contributed by atoms with Crippen LogP contribution >= 0.6 is 15.9 Å². The summed E-state index contributed by atoms with van der Waals surface area (Å²) in [7, 11) is 0. The fraction of sp³-hybridized carbons (Fsp3) is 0.429. The van der Waals surface area contributed by atoms with Crippen molar-refractivity contribution in [3.63, 3.8) is 0 Å². The molecular formula is C7H9BrN2O2.